The zero-order valence-electron chi connectivity index (χ0n) is 10.8. The van der Waals surface area contributed by atoms with Crippen molar-refractivity contribution in [3.8, 4) is 0 Å². The minimum Gasteiger partial charge on any atom is -0.367 e. The predicted octanol–water partition coefficient (Wildman–Crippen LogP) is 1.16. The van der Waals surface area contributed by atoms with Gasteiger partial charge in [0.15, 0.2) is 0 Å². The number of nitrogens with zero attached hydrogens (tertiary/aromatic N) is 1. The topological polar surface area (TPSA) is 41.6 Å². The molecule has 98 valence electrons. The fourth-order valence-electron chi connectivity index (χ4n) is 2.86. The second-order valence-corrected chi connectivity index (χ2v) is 5.12. The molecule has 0 aromatic carbocycles. The molecular formula is C13H24N2O2. The van der Waals surface area contributed by atoms with Crippen LogP contribution in [0.25, 0.3) is 0 Å². The smallest absolute Gasteiger partial charge is 0.248 e. The van der Waals surface area contributed by atoms with Gasteiger partial charge in [-0.2, -0.15) is 0 Å². The summed E-state index contributed by atoms with van der Waals surface area (Å²) in [6, 6.07) is 0.426. The van der Waals surface area contributed by atoms with Gasteiger partial charge in [-0.1, -0.05) is 12.8 Å². The van der Waals surface area contributed by atoms with Crippen molar-refractivity contribution in [1.29, 1.82) is 0 Å². The third-order valence-electron chi connectivity index (χ3n) is 3.95. The maximum absolute atomic E-state index is 11.9. The third-order valence-corrected chi connectivity index (χ3v) is 3.95. The zero-order valence-corrected chi connectivity index (χ0v) is 10.8. The normalized spacial score (nSPS) is 29.6. The number of carbonyl (C=O) groups excluding carboxylic acids is 1. The lowest BCUT2D eigenvalue weighted by Crippen LogP contribution is -2.43. The highest BCUT2D eigenvalue weighted by molar-refractivity contribution is 5.77. The van der Waals surface area contributed by atoms with Gasteiger partial charge in [0.1, 0.15) is 6.61 Å². The van der Waals surface area contributed by atoms with Crippen molar-refractivity contribution < 1.29 is 9.53 Å². The molecule has 1 heterocycles. The Balaban J connectivity index is 1.74. The Bertz CT molecular complexity index is 252. The first-order chi connectivity index (χ1) is 8.31. The minimum atomic E-state index is 0.169. The van der Waals surface area contributed by atoms with Crippen molar-refractivity contribution in [3.05, 3.63) is 0 Å². The van der Waals surface area contributed by atoms with Gasteiger partial charge < -0.3 is 15.0 Å². The summed E-state index contributed by atoms with van der Waals surface area (Å²) in [5.74, 6) is 0.169. The number of nitrogens with one attached hydrogen (secondary N) is 1. The Morgan fingerprint density at radius 3 is 2.65 bits per heavy atom. The van der Waals surface area contributed by atoms with E-state index in [-0.39, 0.29) is 18.6 Å². The molecule has 17 heavy (non-hydrogen) atoms. The van der Waals surface area contributed by atoms with E-state index in [4.69, 9.17) is 4.74 Å². The van der Waals surface area contributed by atoms with Crippen LogP contribution in [-0.4, -0.2) is 49.7 Å². The molecule has 4 heteroatoms. The molecule has 0 radical (unpaired) electrons. The van der Waals surface area contributed by atoms with E-state index in [0.29, 0.717) is 6.04 Å². The largest absolute Gasteiger partial charge is 0.367 e. The summed E-state index contributed by atoms with van der Waals surface area (Å²) in [6.07, 6.45) is 7.26. The standard InChI is InChI=1S/C13H24N2O2/c1-14-11-6-2-3-7-12(11)17-10-13(16)15-8-4-5-9-15/h11-12,14H,2-10H2,1H3. The van der Waals surface area contributed by atoms with Gasteiger partial charge in [0.25, 0.3) is 0 Å². The van der Waals surface area contributed by atoms with Crippen molar-refractivity contribution in [2.45, 2.75) is 50.7 Å². The Kier molecular flexibility index (Phi) is 4.80. The van der Waals surface area contributed by atoms with Gasteiger partial charge >= 0.3 is 0 Å². The Labute approximate surface area is 104 Å². The van der Waals surface area contributed by atoms with E-state index in [2.05, 4.69) is 5.32 Å². The van der Waals surface area contributed by atoms with Gasteiger partial charge in [-0.05, 0) is 32.7 Å². The molecule has 1 N–H and O–H groups in total. The molecule has 0 aromatic heterocycles. The third kappa shape index (κ3) is 3.42. The molecule has 0 aromatic rings. The van der Waals surface area contributed by atoms with Crippen molar-refractivity contribution in [1.82, 2.24) is 10.2 Å². The average Bonchev–Trinajstić information content (AvgIpc) is 2.90. The number of rotatable bonds is 4. The monoisotopic (exact) mass is 240 g/mol. The van der Waals surface area contributed by atoms with Crippen LogP contribution < -0.4 is 5.32 Å². The quantitative estimate of drug-likeness (QED) is 0.801. The zero-order chi connectivity index (χ0) is 12.1. The van der Waals surface area contributed by atoms with Crippen LogP contribution in [0.15, 0.2) is 0 Å². The summed E-state index contributed by atoms with van der Waals surface area (Å²) >= 11 is 0. The van der Waals surface area contributed by atoms with Gasteiger partial charge in [0.05, 0.1) is 6.10 Å². The van der Waals surface area contributed by atoms with Crippen molar-refractivity contribution in [2.75, 3.05) is 26.7 Å². The molecule has 1 amide bonds. The summed E-state index contributed by atoms with van der Waals surface area (Å²) in [7, 11) is 1.98. The molecule has 1 aliphatic carbocycles. The highest BCUT2D eigenvalue weighted by Gasteiger charge is 2.26. The SMILES string of the molecule is CNC1CCCCC1OCC(=O)N1CCCC1. The summed E-state index contributed by atoms with van der Waals surface area (Å²) in [6.45, 7) is 2.10. The number of likely N-dealkylation sites (tertiary alicyclic amines) is 1. The van der Waals surface area contributed by atoms with Crippen LogP contribution >= 0.6 is 0 Å². The van der Waals surface area contributed by atoms with E-state index in [9.17, 15) is 4.79 Å². The maximum Gasteiger partial charge on any atom is 0.248 e. The van der Waals surface area contributed by atoms with Crippen molar-refractivity contribution >= 4 is 5.91 Å². The van der Waals surface area contributed by atoms with Crippen LogP contribution in [0, 0.1) is 0 Å². The fourth-order valence-corrected chi connectivity index (χ4v) is 2.86. The van der Waals surface area contributed by atoms with Crippen LogP contribution in [-0.2, 0) is 9.53 Å². The highest BCUT2D eigenvalue weighted by atomic mass is 16.5. The molecular weight excluding hydrogens is 216 g/mol. The number of ether oxygens (including phenoxy) is 1. The molecule has 4 nitrogen and oxygen atoms in total. The molecule has 2 aliphatic rings. The van der Waals surface area contributed by atoms with Crippen LogP contribution in [0.3, 0.4) is 0 Å². The average molecular weight is 240 g/mol. The Morgan fingerprint density at radius 1 is 1.24 bits per heavy atom. The Morgan fingerprint density at radius 2 is 1.94 bits per heavy atom. The molecule has 2 rings (SSSR count). The second-order valence-electron chi connectivity index (χ2n) is 5.12. The number of hydrogen-bond acceptors (Lipinski definition) is 3. The van der Waals surface area contributed by atoms with Crippen LogP contribution in [0.2, 0.25) is 0 Å². The van der Waals surface area contributed by atoms with Gasteiger partial charge in [-0.15, -0.1) is 0 Å². The molecule has 2 fully saturated rings. The number of amides is 1. The van der Waals surface area contributed by atoms with E-state index in [0.717, 1.165) is 32.4 Å². The molecule has 2 unspecified atom stereocenters. The lowest BCUT2D eigenvalue weighted by molar-refractivity contribution is -0.138. The summed E-state index contributed by atoms with van der Waals surface area (Å²) in [5, 5.41) is 3.30. The van der Waals surface area contributed by atoms with Gasteiger partial charge in [-0.3, -0.25) is 4.79 Å². The van der Waals surface area contributed by atoms with Gasteiger partial charge in [-0.25, -0.2) is 0 Å². The first kappa shape index (κ1) is 12.8. The van der Waals surface area contributed by atoms with E-state index >= 15 is 0 Å². The molecule has 0 bridgehead atoms. The molecule has 1 aliphatic heterocycles. The summed E-state index contributed by atoms with van der Waals surface area (Å²) in [4.78, 5) is 13.8. The molecule has 1 saturated carbocycles. The van der Waals surface area contributed by atoms with E-state index in [1.165, 1.54) is 19.3 Å². The van der Waals surface area contributed by atoms with Crippen LogP contribution in [0.4, 0.5) is 0 Å². The highest BCUT2D eigenvalue weighted by Crippen LogP contribution is 2.21. The summed E-state index contributed by atoms with van der Waals surface area (Å²) < 4.78 is 5.81. The maximum atomic E-state index is 11.9. The van der Waals surface area contributed by atoms with Crippen LogP contribution in [0.5, 0.6) is 0 Å². The van der Waals surface area contributed by atoms with E-state index in [1.807, 2.05) is 11.9 Å². The van der Waals surface area contributed by atoms with Gasteiger partial charge in [0.2, 0.25) is 5.91 Å². The first-order valence-electron chi connectivity index (χ1n) is 6.88. The number of likely N-dealkylation sites (N-methyl/N-ethyl adjacent to an activating group) is 1. The number of hydrogen-bond donors (Lipinski definition) is 1. The molecule has 1 saturated heterocycles. The molecule has 0 spiro atoms. The van der Waals surface area contributed by atoms with Crippen molar-refractivity contribution in [2.24, 2.45) is 0 Å². The lowest BCUT2D eigenvalue weighted by atomic mass is 9.92. The van der Waals surface area contributed by atoms with Crippen LogP contribution in [0.1, 0.15) is 38.5 Å². The van der Waals surface area contributed by atoms with Gasteiger partial charge in [0, 0.05) is 19.1 Å². The van der Waals surface area contributed by atoms with E-state index < -0.39 is 0 Å². The second kappa shape index (κ2) is 6.36. The summed E-state index contributed by atoms with van der Waals surface area (Å²) in [5.41, 5.74) is 0. The Hall–Kier alpha value is -0.610. The van der Waals surface area contributed by atoms with E-state index in [1.54, 1.807) is 0 Å². The predicted molar refractivity (Wildman–Crippen MR) is 66.9 cm³/mol. The lowest BCUT2D eigenvalue weighted by Gasteiger charge is -2.31. The number of carbonyl (C=O) groups is 1. The van der Waals surface area contributed by atoms with Crippen molar-refractivity contribution in [3.63, 3.8) is 0 Å². The first-order valence-corrected chi connectivity index (χ1v) is 6.88. The fraction of sp³-hybridized carbons (Fsp3) is 0.923. The minimum absolute atomic E-state index is 0.169. The molecule has 2 atom stereocenters.